The molecule has 1 N–H and O–H groups in total. The van der Waals surface area contributed by atoms with Gasteiger partial charge in [0.1, 0.15) is 0 Å². The Morgan fingerprint density at radius 1 is 1.44 bits per heavy atom. The highest BCUT2D eigenvalue weighted by atomic mass is 16.5. The molecule has 2 rings (SSSR count). The molecular weight excluding hydrogens is 228 g/mol. The third kappa shape index (κ3) is 3.53. The van der Waals surface area contributed by atoms with Crippen molar-refractivity contribution in [3.05, 3.63) is 11.7 Å². The Kier molecular flexibility index (Phi) is 4.72. The molecule has 0 saturated carbocycles. The summed E-state index contributed by atoms with van der Waals surface area (Å²) in [5, 5.41) is 7.40. The van der Waals surface area contributed by atoms with Gasteiger partial charge in [-0.2, -0.15) is 4.98 Å². The minimum Gasteiger partial charge on any atom is -0.339 e. The average Bonchev–Trinajstić information content (AvgIpc) is 2.62. The van der Waals surface area contributed by atoms with Crippen LogP contribution in [0.5, 0.6) is 0 Å². The van der Waals surface area contributed by atoms with Gasteiger partial charge in [0.2, 0.25) is 5.89 Å². The van der Waals surface area contributed by atoms with Crippen LogP contribution in [0.4, 0.5) is 0 Å². The zero-order valence-corrected chi connectivity index (χ0v) is 11.6. The number of aromatic nitrogens is 2. The van der Waals surface area contributed by atoms with Crippen LogP contribution in [0.3, 0.4) is 0 Å². The molecule has 0 aliphatic carbocycles. The Bertz CT molecular complexity index is 360. The molecule has 1 aliphatic rings. The van der Waals surface area contributed by atoms with E-state index in [-0.39, 0.29) is 0 Å². The third-order valence-corrected chi connectivity index (χ3v) is 3.22. The van der Waals surface area contributed by atoms with Crippen LogP contribution in [-0.2, 0) is 13.0 Å². The summed E-state index contributed by atoms with van der Waals surface area (Å²) >= 11 is 0. The van der Waals surface area contributed by atoms with Crippen molar-refractivity contribution in [1.29, 1.82) is 0 Å². The molecule has 0 aromatic carbocycles. The lowest BCUT2D eigenvalue weighted by Crippen LogP contribution is -2.57. The predicted octanol–water partition coefficient (Wildman–Crippen LogP) is 1.45. The number of hydrogen-bond donors (Lipinski definition) is 1. The highest BCUT2D eigenvalue weighted by Crippen LogP contribution is 2.11. The lowest BCUT2D eigenvalue weighted by molar-refractivity contribution is 0.133. The molecule has 0 radical (unpaired) electrons. The van der Waals surface area contributed by atoms with E-state index in [2.05, 4.69) is 41.1 Å². The molecule has 5 heteroatoms. The lowest BCUT2D eigenvalue weighted by Gasteiger charge is -2.37. The highest BCUT2D eigenvalue weighted by molar-refractivity contribution is 4.91. The van der Waals surface area contributed by atoms with E-state index >= 15 is 0 Å². The maximum Gasteiger partial charge on any atom is 0.226 e. The van der Waals surface area contributed by atoms with Crippen molar-refractivity contribution >= 4 is 0 Å². The van der Waals surface area contributed by atoms with Gasteiger partial charge in [0.05, 0.1) is 6.54 Å². The van der Waals surface area contributed by atoms with Crippen LogP contribution in [0.15, 0.2) is 4.52 Å². The highest BCUT2D eigenvalue weighted by Gasteiger charge is 2.25. The van der Waals surface area contributed by atoms with Crippen LogP contribution in [-0.4, -0.2) is 40.7 Å². The zero-order valence-electron chi connectivity index (χ0n) is 11.6. The van der Waals surface area contributed by atoms with Gasteiger partial charge in [-0.3, -0.25) is 4.90 Å². The molecule has 102 valence electrons. The lowest BCUT2D eigenvalue weighted by atomic mass is 10.1. The van der Waals surface area contributed by atoms with Crippen LogP contribution in [0.25, 0.3) is 0 Å². The van der Waals surface area contributed by atoms with E-state index in [0.29, 0.717) is 12.0 Å². The molecular formula is C13H24N4O. The maximum atomic E-state index is 5.28. The molecule has 0 bridgehead atoms. The first-order valence-corrected chi connectivity index (χ1v) is 6.95. The van der Waals surface area contributed by atoms with Crippen molar-refractivity contribution in [3.8, 4) is 0 Å². The molecule has 1 saturated heterocycles. The van der Waals surface area contributed by atoms with E-state index in [9.17, 15) is 0 Å². The van der Waals surface area contributed by atoms with E-state index in [1.807, 2.05) is 0 Å². The SMILES string of the molecule is CCCN(Cc1noc(CC(C)C)n1)C1CNC1. The summed E-state index contributed by atoms with van der Waals surface area (Å²) < 4.78 is 5.28. The molecule has 1 aromatic rings. The fraction of sp³-hybridized carbons (Fsp3) is 0.846. The molecule has 0 amide bonds. The largest absolute Gasteiger partial charge is 0.339 e. The van der Waals surface area contributed by atoms with Crippen LogP contribution in [0.1, 0.15) is 38.9 Å². The van der Waals surface area contributed by atoms with Crippen molar-refractivity contribution in [2.45, 2.75) is 46.2 Å². The second-order valence-corrected chi connectivity index (χ2v) is 5.48. The van der Waals surface area contributed by atoms with Gasteiger partial charge in [-0.1, -0.05) is 25.9 Å². The summed E-state index contributed by atoms with van der Waals surface area (Å²) in [6.07, 6.45) is 2.03. The second kappa shape index (κ2) is 6.29. The van der Waals surface area contributed by atoms with Crippen LogP contribution < -0.4 is 5.32 Å². The standard InChI is InChI=1S/C13H24N4O/c1-4-5-17(11-7-14-8-11)9-12-15-13(18-16-12)6-10(2)3/h10-11,14H,4-9H2,1-3H3. The molecule has 0 atom stereocenters. The van der Waals surface area contributed by atoms with E-state index in [0.717, 1.165) is 50.7 Å². The average molecular weight is 252 g/mol. The number of hydrogen-bond acceptors (Lipinski definition) is 5. The summed E-state index contributed by atoms with van der Waals surface area (Å²) in [7, 11) is 0. The van der Waals surface area contributed by atoms with Gasteiger partial charge in [-0.05, 0) is 18.9 Å². The Hall–Kier alpha value is -0.940. The normalized spacial score (nSPS) is 16.5. The van der Waals surface area contributed by atoms with E-state index in [1.165, 1.54) is 0 Å². The van der Waals surface area contributed by atoms with Gasteiger partial charge in [0.15, 0.2) is 5.82 Å². The summed E-state index contributed by atoms with van der Waals surface area (Å²) in [5.74, 6) is 2.15. The summed E-state index contributed by atoms with van der Waals surface area (Å²) in [6, 6.07) is 0.636. The van der Waals surface area contributed by atoms with Gasteiger partial charge < -0.3 is 9.84 Å². The van der Waals surface area contributed by atoms with Gasteiger partial charge in [0.25, 0.3) is 0 Å². The van der Waals surface area contributed by atoms with Gasteiger partial charge in [0, 0.05) is 25.6 Å². The van der Waals surface area contributed by atoms with E-state index in [1.54, 1.807) is 0 Å². The first-order valence-electron chi connectivity index (χ1n) is 6.95. The fourth-order valence-electron chi connectivity index (χ4n) is 2.18. The monoisotopic (exact) mass is 252 g/mol. The Labute approximate surface area is 109 Å². The van der Waals surface area contributed by atoms with Gasteiger partial charge in [-0.25, -0.2) is 0 Å². The molecule has 1 aromatic heterocycles. The van der Waals surface area contributed by atoms with Crippen LogP contribution in [0.2, 0.25) is 0 Å². The van der Waals surface area contributed by atoms with Crippen molar-refractivity contribution in [2.75, 3.05) is 19.6 Å². The van der Waals surface area contributed by atoms with Gasteiger partial charge >= 0.3 is 0 Å². The Morgan fingerprint density at radius 3 is 2.78 bits per heavy atom. The molecule has 2 heterocycles. The van der Waals surface area contributed by atoms with Crippen LogP contribution in [0, 0.1) is 5.92 Å². The minimum absolute atomic E-state index is 0.556. The fourth-order valence-corrected chi connectivity index (χ4v) is 2.18. The second-order valence-electron chi connectivity index (χ2n) is 5.48. The smallest absolute Gasteiger partial charge is 0.226 e. The van der Waals surface area contributed by atoms with E-state index in [4.69, 9.17) is 4.52 Å². The number of rotatable bonds is 7. The van der Waals surface area contributed by atoms with Crippen molar-refractivity contribution in [2.24, 2.45) is 5.92 Å². The number of nitrogens with zero attached hydrogens (tertiary/aromatic N) is 3. The van der Waals surface area contributed by atoms with Gasteiger partial charge in [-0.15, -0.1) is 0 Å². The Morgan fingerprint density at radius 2 is 2.22 bits per heavy atom. The predicted molar refractivity (Wildman–Crippen MR) is 70.2 cm³/mol. The first kappa shape index (κ1) is 13.5. The minimum atomic E-state index is 0.556. The molecule has 1 aliphatic heterocycles. The molecule has 1 fully saturated rings. The molecule has 0 unspecified atom stereocenters. The quantitative estimate of drug-likeness (QED) is 0.796. The van der Waals surface area contributed by atoms with Crippen molar-refractivity contribution in [3.63, 3.8) is 0 Å². The topological polar surface area (TPSA) is 54.2 Å². The summed E-state index contributed by atoms with van der Waals surface area (Å²) in [6.45, 7) is 10.6. The van der Waals surface area contributed by atoms with Crippen molar-refractivity contribution in [1.82, 2.24) is 20.4 Å². The molecule has 5 nitrogen and oxygen atoms in total. The number of nitrogens with one attached hydrogen (secondary N) is 1. The summed E-state index contributed by atoms with van der Waals surface area (Å²) in [5.41, 5.74) is 0. The van der Waals surface area contributed by atoms with E-state index < -0.39 is 0 Å². The van der Waals surface area contributed by atoms with Crippen molar-refractivity contribution < 1.29 is 4.52 Å². The Balaban J connectivity index is 1.91. The molecule has 18 heavy (non-hydrogen) atoms. The first-order chi connectivity index (χ1) is 8.69. The maximum absolute atomic E-state index is 5.28. The zero-order chi connectivity index (χ0) is 13.0. The van der Waals surface area contributed by atoms with Crippen LogP contribution >= 0.6 is 0 Å². The molecule has 0 spiro atoms. The summed E-state index contributed by atoms with van der Waals surface area (Å²) in [4.78, 5) is 6.92. The third-order valence-electron chi connectivity index (χ3n) is 3.22.